The van der Waals surface area contributed by atoms with E-state index in [1.807, 2.05) is 6.07 Å². The molecule has 0 aromatic heterocycles. The van der Waals surface area contributed by atoms with Crippen LogP contribution in [0.2, 0.25) is 0 Å². The van der Waals surface area contributed by atoms with Crippen molar-refractivity contribution < 1.29 is 27.4 Å². The molecular formula is C17H18N2O6S. The Balaban J connectivity index is 0.000000431. The highest BCUT2D eigenvalue weighted by Gasteiger charge is 2.14. The molecule has 2 aromatic carbocycles. The molecule has 8 nitrogen and oxygen atoms in total. The van der Waals surface area contributed by atoms with Crippen LogP contribution in [0.4, 0.5) is 5.69 Å². The first-order chi connectivity index (χ1) is 12.2. The fourth-order valence-corrected chi connectivity index (χ4v) is 2.54. The summed E-state index contributed by atoms with van der Waals surface area (Å²) < 4.78 is 31.6. The second-order valence-electron chi connectivity index (χ2n) is 5.51. The number of nitrogens with zero attached hydrogens (tertiary/aromatic N) is 1. The number of fused-ring (bicyclic) bond motifs is 1. The van der Waals surface area contributed by atoms with Crippen LogP contribution in [0.1, 0.15) is 34.3 Å². The zero-order valence-corrected chi connectivity index (χ0v) is 14.5. The van der Waals surface area contributed by atoms with Gasteiger partial charge in [0, 0.05) is 5.56 Å². The molecule has 9 heteroatoms. The van der Waals surface area contributed by atoms with Gasteiger partial charge in [-0.2, -0.15) is 13.5 Å². The van der Waals surface area contributed by atoms with Crippen molar-refractivity contribution in [3.05, 3.63) is 65.2 Å². The quantitative estimate of drug-likeness (QED) is 0.476. The molecule has 138 valence electrons. The van der Waals surface area contributed by atoms with Crippen molar-refractivity contribution in [1.82, 2.24) is 0 Å². The summed E-state index contributed by atoms with van der Waals surface area (Å²) in [4.78, 5) is 10.8. The maximum Gasteiger partial charge on any atom is 0.394 e. The van der Waals surface area contributed by atoms with Crippen molar-refractivity contribution in [1.29, 1.82) is 0 Å². The highest BCUT2D eigenvalue weighted by molar-refractivity contribution is 7.79. The lowest BCUT2D eigenvalue weighted by Crippen LogP contribution is -2.13. The molecule has 0 saturated carbocycles. The van der Waals surface area contributed by atoms with E-state index in [1.54, 1.807) is 24.3 Å². The minimum absolute atomic E-state index is 0.274. The van der Waals surface area contributed by atoms with Crippen LogP contribution in [0.25, 0.3) is 0 Å². The van der Waals surface area contributed by atoms with E-state index >= 15 is 0 Å². The van der Waals surface area contributed by atoms with Crippen LogP contribution in [0.15, 0.2) is 53.6 Å². The first-order valence-corrected chi connectivity index (χ1v) is 9.08. The zero-order chi connectivity index (χ0) is 19.2. The van der Waals surface area contributed by atoms with Crippen molar-refractivity contribution in [3.63, 3.8) is 0 Å². The molecule has 0 saturated heterocycles. The van der Waals surface area contributed by atoms with Crippen molar-refractivity contribution in [2.24, 2.45) is 5.10 Å². The summed E-state index contributed by atoms with van der Waals surface area (Å²) in [5.41, 5.74) is 7.68. The van der Waals surface area contributed by atoms with E-state index in [9.17, 15) is 4.79 Å². The minimum atomic E-state index is -4.67. The van der Waals surface area contributed by atoms with E-state index in [4.69, 9.17) is 22.6 Å². The molecule has 0 heterocycles. The van der Waals surface area contributed by atoms with Crippen LogP contribution in [0.5, 0.6) is 0 Å². The van der Waals surface area contributed by atoms with Gasteiger partial charge in [-0.1, -0.05) is 24.3 Å². The van der Waals surface area contributed by atoms with Gasteiger partial charge in [-0.15, -0.1) is 0 Å². The summed E-state index contributed by atoms with van der Waals surface area (Å²) in [6.07, 6.45) is 3.16. The van der Waals surface area contributed by atoms with Gasteiger partial charge in [-0.05, 0) is 49.1 Å². The van der Waals surface area contributed by atoms with Crippen molar-refractivity contribution in [3.8, 4) is 0 Å². The molecule has 0 spiro atoms. The zero-order valence-electron chi connectivity index (χ0n) is 13.7. The Morgan fingerprint density at radius 3 is 2.23 bits per heavy atom. The number of aryl methyl sites for hydroxylation is 1. The highest BCUT2D eigenvalue weighted by Crippen LogP contribution is 2.21. The van der Waals surface area contributed by atoms with Gasteiger partial charge in [-0.25, -0.2) is 4.79 Å². The Kier molecular flexibility index (Phi) is 6.45. The number of rotatable bonds is 3. The molecule has 0 aliphatic heterocycles. The molecule has 3 rings (SSSR count). The predicted molar refractivity (Wildman–Crippen MR) is 97.1 cm³/mol. The average Bonchev–Trinajstić information content (AvgIpc) is 2.59. The van der Waals surface area contributed by atoms with Gasteiger partial charge in [0.05, 0.1) is 17.0 Å². The normalized spacial score (nSPS) is 14.8. The van der Waals surface area contributed by atoms with Crippen molar-refractivity contribution in [2.75, 3.05) is 5.43 Å². The fourth-order valence-electron chi connectivity index (χ4n) is 2.54. The summed E-state index contributed by atoms with van der Waals surface area (Å²) in [5.74, 6) is -0.922. The van der Waals surface area contributed by atoms with Gasteiger partial charge < -0.3 is 5.11 Å². The summed E-state index contributed by atoms with van der Waals surface area (Å²) in [6.45, 7) is 0. The Morgan fingerprint density at radius 2 is 1.62 bits per heavy atom. The van der Waals surface area contributed by atoms with Crippen LogP contribution in [0, 0.1) is 0 Å². The summed E-state index contributed by atoms with van der Waals surface area (Å²) >= 11 is 0. The van der Waals surface area contributed by atoms with E-state index in [-0.39, 0.29) is 5.56 Å². The third-order valence-corrected chi connectivity index (χ3v) is 3.64. The third kappa shape index (κ3) is 6.28. The summed E-state index contributed by atoms with van der Waals surface area (Å²) in [5, 5.41) is 13.4. The second-order valence-corrected chi connectivity index (χ2v) is 6.41. The van der Waals surface area contributed by atoms with Gasteiger partial charge in [0.1, 0.15) is 0 Å². The largest absolute Gasteiger partial charge is 0.478 e. The number of carboxylic acid groups (broad SMARTS) is 1. The Hall–Kier alpha value is -2.75. The number of benzene rings is 2. The molecule has 0 unspecified atom stereocenters. The van der Waals surface area contributed by atoms with Crippen molar-refractivity contribution in [2.45, 2.75) is 19.3 Å². The molecule has 0 bridgehead atoms. The van der Waals surface area contributed by atoms with Crippen LogP contribution >= 0.6 is 0 Å². The topological polar surface area (TPSA) is 136 Å². The van der Waals surface area contributed by atoms with Crippen LogP contribution in [-0.4, -0.2) is 34.3 Å². The first-order valence-electron chi connectivity index (χ1n) is 7.68. The molecule has 2 aromatic rings. The molecule has 0 amide bonds. The highest BCUT2D eigenvalue weighted by atomic mass is 32.3. The Morgan fingerprint density at radius 1 is 1.00 bits per heavy atom. The maximum absolute atomic E-state index is 10.8. The number of hydrazone groups is 1. The molecule has 0 radical (unpaired) electrons. The standard InChI is InChI=1S/C17H16N2O2.H2O4S/c20-17(21)13-8-10-14(11-9-13)18-19-16-7-3-5-12-4-1-2-6-15(12)16;1-5(2,3)4/h1-2,4,6,8-11,18H,3,5,7H2,(H,20,21);(H2,1,2,3,4). The SMILES string of the molecule is O=C(O)c1ccc(NN=C2CCCc3ccccc32)cc1.O=S(=O)(O)O. The molecule has 4 N–H and O–H groups in total. The van der Waals surface area contributed by atoms with Gasteiger partial charge in [0.15, 0.2) is 0 Å². The van der Waals surface area contributed by atoms with Gasteiger partial charge >= 0.3 is 16.4 Å². The Bertz CT molecular complexity index is 899. The number of aromatic carboxylic acids is 1. The number of nitrogens with one attached hydrogen (secondary N) is 1. The molecule has 26 heavy (non-hydrogen) atoms. The third-order valence-electron chi connectivity index (χ3n) is 3.64. The van der Waals surface area contributed by atoms with Gasteiger partial charge in [0.25, 0.3) is 0 Å². The molecule has 1 aliphatic rings. The predicted octanol–water partition coefficient (Wildman–Crippen LogP) is 2.88. The van der Waals surface area contributed by atoms with E-state index in [2.05, 4.69) is 28.7 Å². The summed E-state index contributed by atoms with van der Waals surface area (Å²) in [6, 6.07) is 14.9. The van der Waals surface area contributed by atoms with E-state index in [0.29, 0.717) is 0 Å². The first kappa shape index (κ1) is 19.6. The smallest absolute Gasteiger partial charge is 0.394 e. The lowest BCUT2D eigenvalue weighted by Gasteiger charge is -2.17. The number of hydrogen-bond acceptors (Lipinski definition) is 5. The molecule has 0 atom stereocenters. The minimum Gasteiger partial charge on any atom is -0.478 e. The second kappa shape index (κ2) is 8.56. The van der Waals surface area contributed by atoms with Crippen LogP contribution < -0.4 is 5.43 Å². The monoisotopic (exact) mass is 378 g/mol. The number of carboxylic acids is 1. The molecule has 0 fully saturated rings. The molecular weight excluding hydrogens is 360 g/mol. The molecule has 1 aliphatic carbocycles. The van der Waals surface area contributed by atoms with E-state index in [1.165, 1.54) is 11.1 Å². The van der Waals surface area contributed by atoms with Gasteiger partial charge in [0.2, 0.25) is 0 Å². The average molecular weight is 378 g/mol. The number of hydrogen-bond donors (Lipinski definition) is 4. The van der Waals surface area contributed by atoms with Crippen LogP contribution in [-0.2, 0) is 16.8 Å². The van der Waals surface area contributed by atoms with Crippen LogP contribution in [0.3, 0.4) is 0 Å². The fraction of sp³-hybridized carbons (Fsp3) is 0.176. The Labute approximate surface area is 150 Å². The number of carbonyl (C=O) groups is 1. The lowest BCUT2D eigenvalue weighted by molar-refractivity contribution is 0.0697. The van der Waals surface area contributed by atoms with E-state index in [0.717, 1.165) is 30.7 Å². The number of anilines is 1. The lowest BCUT2D eigenvalue weighted by atomic mass is 9.90. The van der Waals surface area contributed by atoms with Gasteiger partial charge in [-0.3, -0.25) is 14.5 Å². The maximum atomic E-state index is 10.8. The van der Waals surface area contributed by atoms with E-state index < -0.39 is 16.4 Å². The summed E-state index contributed by atoms with van der Waals surface area (Å²) in [7, 11) is -4.67. The van der Waals surface area contributed by atoms with Crippen molar-refractivity contribution >= 4 is 27.8 Å².